The van der Waals surface area contributed by atoms with Crippen LogP contribution in [0.5, 0.6) is 0 Å². The first kappa shape index (κ1) is 13.3. The number of hydrogen-bond acceptors (Lipinski definition) is 3. The summed E-state index contributed by atoms with van der Waals surface area (Å²) in [4.78, 5) is 5.23. The highest BCUT2D eigenvalue weighted by Gasteiger charge is 2.35. The molecule has 1 N–H and O–H groups in total. The molecule has 100 valence electrons. The van der Waals surface area contributed by atoms with Gasteiger partial charge in [-0.05, 0) is 64.8 Å². The van der Waals surface area contributed by atoms with Crippen molar-refractivity contribution < 1.29 is 0 Å². The summed E-state index contributed by atoms with van der Waals surface area (Å²) in [6.07, 6.45) is 5.48. The molecule has 3 nitrogen and oxygen atoms in total. The molecule has 0 amide bonds. The standard InChI is InChI=1S/C14H29N3/c1-3-7-15-12-13-5-6-14(13)17-9-4-8-16(2)10-11-17/h13-15H,3-12H2,1-2H3. The van der Waals surface area contributed by atoms with Gasteiger partial charge in [0.05, 0.1) is 0 Å². The van der Waals surface area contributed by atoms with Crippen LogP contribution in [0.2, 0.25) is 0 Å². The molecular formula is C14H29N3. The van der Waals surface area contributed by atoms with Crippen LogP contribution in [-0.2, 0) is 0 Å². The van der Waals surface area contributed by atoms with Crippen LogP contribution in [0.4, 0.5) is 0 Å². The van der Waals surface area contributed by atoms with Crippen molar-refractivity contribution in [2.45, 2.75) is 38.6 Å². The molecule has 2 fully saturated rings. The van der Waals surface area contributed by atoms with Crippen LogP contribution in [0.25, 0.3) is 0 Å². The molecule has 0 aromatic carbocycles. The Morgan fingerprint density at radius 1 is 1.12 bits per heavy atom. The van der Waals surface area contributed by atoms with Crippen LogP contribution >= 0.6 is 0 Å². The molecule has 17 heavy (non-hydrogen) atoms. The number of likely N-dealkylation sites (N-methyl/N-ethyl adjacent to an activating group) is 1. The van der Waals surface area contributed by atoms with Gasteiger partial charge in [0, 0.05) is 19.1 Å². The fourth-order valence-corrected chi connectivity index (χ4v) is 3.13. The molecule has 0 radical (unpaired) electrons. The fourth-order valence-electron chi connectivity index (χ4n) is 3.13. The van der Waals surface area contributed by atoms with Gasteiger partial charge in [-0.1, -0.05) is 6.92 Å². The van der Waals surface area contributed by atoms with Crippen molar-refractivity contribution in [3.05, 3.63) is 0 Å². The molecule has 0 spiro atoms. The van der Waals surface area contributed by atoms with Crippen LogP contribution in [0.3, 0.4) is 0 Å². The topological polar surface area (TPSA) is 18.5 Å². The molecule has 0 aromatic rings. The molecule has 1 saturated carbocycles. The second-order valence-corrected chi connectivity index (χ2v) is 5.80. The van der Waals surface area contributed by atoms with Gasteiger partial charge in [-0.3, -0.25) is 4.90 Å². The van der Waals surface area contributed by atoms with Gasteiger partial charge in [-0.25, -0.2) is 0 Å². The zero-order chi connectivity index (χ0) is 12.1. The predicted octanol–water partition coefficient (Wildman–Crippen LogP) is 1.40. The number of hydrogen-bond donors (Lipinski definition) is 1. The monoisotopic (exact) mass is 239 g/mol. The molecule has 2 aliphatic rings. The molecule has 1 aliphatic heterocycles. The summed E-state index contributed by atoms with van der Waals surface area (Å²) >= 11 is 0. The normalized spacial score (nSPS) is 32.1. The van der Waals surface area contributed by atoms with E-state index in [4.69, 9.17) is 0 Å². The van der Waals surface area contributed by atoms with Crippen molar-refractivity contribution in [1.29, 1.82) is 0 Å². The van der Waals surface area contributed by atoms with Gasteiger partial charge in [0.25, 0.3) is 0 Å². The van der Waals surface area contributed by atoms with E-state index in [1.165, 1.54) is 65.0 Å². The summed E-state index contributed by atoms with van der Waals surface area (Å²) in [7, 11) is 2.25. The van der Waals surface area contributed by atoms with Gasteiger partial charge in [0.1, 0.15) is 0 Å². The summed E-state index contributed by atoms with van der Waals surface area (Å²) < 4.78 is 0. The first-order chi connectivity index (χ1) is 8.31. The van der Waals surface area contributed by atoms with Crippen LogP contribution in [-0.4, -0.2) is 62.2 Å². The molecule has 3 heteroatoms. The molecule has 1 saturated heterocycles. The van der Waals surface area contributed by atoms with E-state index >= 15 is 0 Å². The maximum absolute atomic E-state index is 3.59. The summed E-state index contributed by atoms with van der Waals surface area (Å²) in [5, 5.41) is 3.59. The van der Waals surface area contributed by atoms with E-state index in [0.717, 1.165) is 12.0 Å². The number of rotatable bonds is 5. The van der Waals surface area contributed by atoms with E-state index in [1.807, 2.05) is 0 Å². The lowest BCUT2D eigenvalue weighted by molar-refractivity contribution is 0.0654. The van der Waals surface area contributed by atoms with E-state index in [0.29, 0.717) is 0 Å². The van der Waals surface area contributed by atoms with Crippen molar-refractivity contribution >= 4 is 0 Å². The Labute approximate surface area is 107 Å². The number of nitrogens with zero attached hydrogens (tertiary/aromatic N) is 2. The van der Waals surface area contributed by atoms with Gasteiger partial charge < -0.3 is 10.2 Å². The lowest BCUT2D eigenvalue weighted by Gasteiger charge is -2.44. The van der Waals surface area contributed by atoms with Gasteiger partial charge in [-0.2, -0.15) is 0 Å². The zero-order valence-electron chi connectivity index (χ0n) is 11.6. The van der Waals surface area contributed by atoms with Crippen molar-refractivity contribution in [3.8, 4) is 0 Å². The third kappa shape index (κ3) is 3.67. The van der Waals surface area contributed by atoms with Crippen LogP contribution in [0, 0.1) is 5.92 Å². The molecule has 1 heterocycles. The van der Waals surface area contributed by atoms with Gasteiger partial charge >= 0.3 is 0 Å². The zero-order valence-corrected chi connectivity index (χ0v) is 11.6. The highest BCUT2D eigenvalue weighted by Crippen LogP contribution is 2.32. The SMILES string of the molecule is CCCNCC1CCC1N1CCCN(C)CC1. The van der Waals surface area contributed by atoms with E-state index in [2.05, 4.69) is 29.1 Å². The Kier molecular flexibility index (Phi) is 5.26. The second-order valence-electron chi connectivity index (χ2n) is 5.80. The minimum atomic E-state index is 0.880. The van der Waals surface area contributed by atoms with E-state index in [-0.39, 0.29) is 0 Å². The fraction of sp³-hybridized carbons (Fsp3) is 1.00. The molecule has 2 atom stereocenters. The molecule has 2 rings (SSSR count). The maximum atomic E-state index is 3.59. The lowest BCUT2D eigenvalue weighted by atomic mass is 9.78. The van der Waals surface area contributed by atoms with Crippen molar-refractivity contribution in [3.63, 3.8) is 0 Å². The minimum absolute atomic E-state index is 0.880. The predicted molar refractivity (Wildman–Crippen MR) is 73.4 cm³/mol. The third-order valence-electron chi connectivity index (χ3n) is 4.43. The van der Waals surface area contributed by atoms with Crippen LogP contribution in [0.1, 0.15) is 32.6 Å². The van der Waals surface area contributed by atoms with Crippen LogP contribution in [0.15, 0.2) is 0 Å². The van der Waals surface area contributed by atoms with Crippen molar-refractivity contribution in [2.24, 2.45) is 5.92 Å². The number of nitrogens with one attached hydrogen (secondary N) is 1. The summed E-state index contributed by atoms with van der Waals surface area (Å²) in [6, 6.07) is 0.880. The average Bonchev–Trinajstić information content (AvgIpc) is 2.49. The average molecular weight is 239 g/mol. The molecule has 0 bridgehead atoms. The summed E-state index contributed by atoms with van der Waals surface area (Å²) in [5.41, 5.74) is 0. The van der Waals surface area contributed by atoms with Gasteiger partial charge in [-0.15, -0.1) is 0 Å². The molecule has 0 aromatic heterocycles. The molecular weight excluding hydrogens is 210 g/mol. The van der Waals surface area contributed by atoms with E-state index in [9.17, 15) is 0 Å². The Morgan fingerprint density at radius 3 is 2.71 bits per heavy atom. The third-order valence-corrected chi connectivity index (χ3v) is 4.43. The second kappa shape index (κ2) is 6.72. The smallest absolute Gasteiger partial charge is 0.0136 e. The first-order valence-corrected chi connectivity index (χ1v) is 7.44. The highest BCUT2D eigenvalue weighted by molar-refractivity contribution is 4.91. The highest BCUT2D eigenvalue weighted by atomic mass is 15.2. The molecule has 1 aliphatic carbocycles. The Hall–Kier alpha value is -0.120. The van der Waals surface area contributed by atoms with Gasteiger partial charge in [0.2, 0.25) is 0 Å². The Morgan fingerprint density at radius 2 is 2.00 bits per heavy atom. The van der Waals surface area contributed by atoms with Gasteiger partial charge in [0.15, 0.2) is 0 Å². The minimum Gasteiger partial charge on any atom is -0.316 e. The largest absolute Gasteiger partial charge is 0.316 e. The van der Waals surface area contributed by atoms with Crippen LogP contribution < -0.4 is 5.32 Å². The quantitative estimate of drug-likeness (QED) is 0.732. The summed E-state index contributed by atoms with van der Waals surface area (Å²) in [5.74, 6) is 0.921. The molecule has 2 unspecified atom stereocenters. The van der Waals surface area contributed by atoms with E-state index in [1.54, 1.807) is 0 Å². The van der Waals surface area contributed by atoms with Crippen molar-refractivity contribution in [2.75, 3.05) is 46.3 Å². The first-order valence-electron chi connectivity index (χ1n) is 7.44. The Balaban J connectivity index is 1.73. The Bertz CT molecular complexity index is 220. The summed E-state index contributed by atoms with van der Waals surface area (Å²) in [6.45, 7) is 9.81. The van der Waals surface area contributed by atoms with Crippen molar-refractivity contribution in [1.82, 2.24) is 15.1 Å². The van der Waals surface area contributed by atoms with E-state index < -0.39 is 0 Å². The lowest BCUT2D eigenvalue weighted by Crippen LogP contribution is -2.51. The maximum Gasteiger partial charge on any atom is 0.0136 e.